The molecule has 0 atom stereocenters. The summed E-state index contributed by atoms with van der Waals surface area (Å²) in [4.78, 5) is 18.2. The van der Waals surface area contributed by atoms with Gasteiger partial charge in [-0.1, -0.05) is 55.5 Å². The van der Waals surface area contributed by atoms with Crippen molar-refractivity contribution >= 4 is 22.4 Å². The van der Waals surface area contributed by atoms with Gasteiger partial charge in [-0.15, -0.1) is 0 Å². The van der Waals surface area contributed by atoms with Gasteiger partial charge in [0.15, 0.2) is 5.13 Å². The van der Waals surface area contributed by atoms with Gasteiger partial charge in [-0.3, -0.25) is 0 Å². The molecule has 0 aliphatic rings. The number of carbonyl (C=O) groups is 1. The van der Waals surface area contributed by atoms with E-state index < -0.39 is 5.97 Å². The minimum absolute atomic E-state index is 0.293. The number of carboxylic acids is 1. The minimum Gasteiger partial charge on any atom is -0.477 e. The number of thiazole rings is 1. The number of nitrogens with zero attached hydrogens (tertiary/aromatic N) is 2. The summed E-state index contributed by atoms with van der Waals surface area (Å²) in [5.41, 5.74) is 1.39. The van der Waals surface area contributed by atoms with Crippen LogP contribution in [0.3, 0.4) is 0 Å². The monoisotopic (exact) mass is 290 g/mol. The van der Waals surface area contributed by atoms with Gasteiger partial charge in [0.05, 0.1) is 5.69 Å². The third-order valence-electron chi connectivity index (χ3n) is 2.82. The van der Waals surface area contributed by atoms with Crippen LogP contribution in [0.1, 0.15) is 23.5 Å². The topological polar surface area (TPSA) is 53.4 Å². The molecule has 0 unspecified atom stereocenters. The van der Waals surface area contributed by atoms with E-state index in [2.05, 4.69) is 18.8 Å². The molecule has 2 rings (SSSR count). The molecular weight excluding hydrogens is 272 g/mol. The Morgan fingerprint density at radius 3 is 2.55 bits per heavy atom. The lowest BCUT2D eigenvalue weighted by Crippen LogP contribution is -2.22. The van der Waals surface area contributed by atoms with Gasteiger partial charge >= 0.3 is 5.97 Å². The first-order chi connectivity index (χ1) is 9.49. The molecule has 1 aromatic heterocycles. The molecule has 2 aromatic rings. The van der Waals surface area contributed by atoms with Crippen LogP contribution in [-0.4, -0.2) is 29.7 Å². The number of aromatic carboxylic acids is 1. The van der Waals surface area contributed by atoms with Gasteiger partial charge in [-0.05, 0) is 5.92 Å². The fourth-order valence-corrected chi connectivity index (χ4v) is 2.93. The second-order valence-electron chi connectivity index (χ2n) is 5.12. The third kappa shape index (κ3) is 3.17. The van der Waals surface area contributed by atoms with E-state index in [1.54, 1.807) is 0 Å². The molecular formula is C15H18N2O2S. The van der Waals surface area contributed by atoms with E-state index in [0.29, 0.717) is 16.5 Å². The van der Waals surface area contributed by atoms with Crippen molar-refractivity contribution in [1.29, 1.82) is 0 Å². The highest BCUT2D eigenvalue weighted by molar-refractivity contribution is 7.17. The molecule has 1 aromatic carbocycles. The summed E-state index contributed by atoms with van der Waals surface area (Å²) in [6.45, 7) is 5.10. The molecule has 1 heterocycles. The number of rotatable bonds is 5. The molecule has 20 heavy (non-hydrogen) atoms. The largest absolute Gasteiger partial charge is 0.477 e. The van der Waals surface area contributed by atoms with Gasteiger partial charge in [-0.2, -0.15) is 0 Å². The molecule has 106 valence electrons. The Labute approximate surface area is 122 Å². The van der Waals surface area contributed by atoms with Crippen LogP contribution in [0.4, 0.5) is 5.13 Å². The van der Waals surface area contributed by atoms with E-state index in [-0.39, 0.29) is 0 Å². The van der Waals surface area contributed by atoms with Crippen molar-refractivity contribution in [3.8, 4) is 11.3 Å². The van der Waals surface area contributed by atoms with Gasteiger partial charge in [0.2, 0.25) is 0 Å². The van der Waals surface area contributed by atoms with E-state index >= 15 is 0 Å². The first-order valence-corrected chi connectivity index (χ1v) is 7.31. The Bertz CT molecular complexity index is 593. The molecule has 0 fully saturated rings. The van der Waals surface area contributed by atoms with E-state index in [9.17, 15) is 9.90 Å². The van der Waals surface area contributed by atoms with Crippen molar-refractivity contribution in [2.75, 3.05) is 18.5 Å². The van der Waals surface area contributed by atoms with Crippen molar-refractivity contribution in [3.63, 3.8) is 0 Å². The maximum absolute atomic E-state index is 11.4. The number of anilines is 1. The van der Waals surface area contributed by atoms with Crippen molar-refractivity contribution in [2.45, 2.75) is 13.8 Å². The van der Waals surface area contributed by atoms with Crippen LogP contribution in [0.5, 0.6) is 0 Å². The van der Waals surface area contributed by atoms with Crippen LogP contribution in [-0.2, 0) is 0 Å². The van der Waals surface area contributed by atoms with Crippen molar-refractivity contribution in [1.82, 2.24) is 4.98 Å². The van der Waals surface area contributed by atoms with Crippen LogP contribution in [0.25, 0.3) is 11.3 Å². The zero-order chi connectivity index (χ0) is 14.7. The highest BCUT2D eigenvalue weighted by atomic mass is 32.1. The first kappa shape index (κ1) is 14.5. The lowest BCUT2D eigenvalue weighted by molar-refractivity contribution is 0.0702. The smallest absolute Gasteiger partial charge is 0.348 e. The minimum atomic E-state index is -0.925. The van der Waals surface area contributed by atoms with Crippen molar-refractivity contribution in [3.05, 3.63) is 35.2 Å². The number of hydrogen-bond donors (Lipinski definition) is 1. The molecule has 0 saturated carbocycles. The van der Waals surface area contributed by atoms with E-state index in [0.717, 1.165) is 17.2 Å². The van der Waals surface area contributed by atoms with Crippen LogP contribution in [0.15, 0.2) is 30.3 Å². The average molecular weight is 290 g/mol. The summed E-state index contributed by atoms with van der Waals surface area (Å²) in [6.07, 6.45) is 0. The first-order valence-electron chi connectivity index (χ1n) is 6.49. The van der Waals surface area contributed by atoms with Crippen LogP contribution in [0.2, 0.25) is 0 Å². The van der Waals surface area contributed by atoms with Gasteiger partial charge in [0.25, 0.3) is 0 Å². The zero-order valence-electron chi connectivity index (χ0n) is 11.8. The Morgan fingerprint density at radius 1 is 1.35 bits per heavy atom. The molecule has 0 bridgehead atoms. The zero-order valence-corrected chi connectivity index (χ0v) is 12.6. The maximum Gasteiger partial charge on any atom is 0.348 e. The predicted octanol–water partition coefficient (Wildman–Crippen LogP) is 3.60. The van der Waals surface area contributed by atoms with E-state index in [4.69, 9.17) is 0 Å². The Morgan fingerprint density at radius 2 is 2.00 bits per heavy atom. The molecule has 1 N–H and O–H groups in total. The fraction of sp³-hybridized carbons (Fsp3) is 0.333. The highest BCUT2D eigenvalue weighted by Crippen LogP contribution is 2.32. The number of aromatic nitrogens is 1. The van der Waals surface area contributed by atoms with E-state index in [1.807, 2.05) is 42.3 Å². The summed E-state index contributed by atoms with van der Waals surface area (Å²) in [6, 6.07) is 9.44. The average Bonchev–Trinajstić information content (AvgIpc) is 2.84. The number of carboxylic acid groups (broad SMARTS) is 1. The SMILES string of the molecule is CC(C)CN(C)c1nc(-c2ccccc2)c(C(=O)O)s1. The van der Waals surface area contributed by atoms with Gasteiger partial charge in [-0.25, -0.2) is 9.78 Å². The molecule has 0 aliphatic carbocycles. The second kappa shape index (κ2) is 6.05. The van der Waals surface area contributed by atoms with Crippen LogP contribution >= 0.6 is 11.3 Å². The molecule has 5 heteroatoms. The number of hydrogen-bond acceptors (Lipinski definition) is 4. The Balaban J connectivity index is 2.42. The summed E-state index contributed by atoms with van der Waals surface area (Å²) >= 11 is 1.23. The highest BCUT2D eigenvalue weighted by Gasteiger charge is 2.20. The maximum atomic E-state index is 11.4. The quantitative estimate of drug-likeness (QED) is 0.914. The summed E-state index contributed by atoms with van der Waals surface area (Å²) in [7, 11) is 1.94. The predicted molar refractivity (Wildman–Crippen MR) is 82.6 cm³/mol. The van der Waals surface area contributed by atoms with Gasteiger partial charge < -0.3 is 10.0 Å². The Hall–Kier alpha value is -1.88. The summed E-state index contributed by atoms with van der Waals surface area (Å²) < 4.78 is 0. The molecule has 4 nitrogen and oxygen atoms in total. The molecule has 0 spiro atoms. The number of benzene rings is 1. The lowest BCUT2D eigenvalue weighted by atomic mass is 10.1. The Kier molecular flexibility index (Phi) is 4.39. The standard InChI is InChI=1S/C15H18N2O2S/c1-10(2)9-17(3)15-16-12(13(20-15)14(18)19)11-7-5-4-6-8-11/h4-8,10H,9H2,1-3H3,(H,18,19). The van der Waals surface area contributed by atoms with Gasteiger partial charge in [0, 0.05) is 19.2 Å². The molecule has 0 saturated heterocycles. The molecule has 0 amide bonds. The second-order valence-corrected chi connectivity index (χ2v) is 6.10. The fourth-order valence-electron chi connectivity index (χ4n) is 2.03. The normalized spacial score (nSPS) is 10.8. The third-order valence-corrected chi connectivity index (χ3v) is 3.98. The van der Waals surface area contributed by atoms with Crippen LogP contribution < -0.4 is 4.90 Å². The molecule has 0 aliphatic heterocycles. The summed E-state index contributed by atoms with van der Waals surface area (Å²) in [5, 5.41) is 10.1. The van der Waals surface area contributed by atoms with Crippen molar-refractivity contribution < 1.29 is 9.90 Å². The van der Waals surface area contributed by atoms with E-state index in [1.165, 1.54) is 11.3 Å². The molecule has 0 radical (unpaired) electrons. The summed E-state index contributed by atoms with van der Waals surface area (Å²) in [5.74, 6) is -0.428. The van der Waals surface area contributed by atoms with Gasteiger partial charge in [0.1, 0.15) is 4.88 Å². The van der Waals surface area contributed by atoms with Crippen LogP contribution in [0, 0.1) is 5.92 Å². The van der Waals surface area contributed by atoms with Crippen molar-refractivity contribution in [2.24, 2.45) is 5.92 Å². The lowest BCUT2D eigenvalue weighted by Gasteiger charge is -2.17.